The zero-order valence-corrected chi connectivity index (χ0v) is 9.26. The number of carbonyl (C=O) groups excluding carboxylic acids is 1. The van der Waals surface area contributed by atoms with Gasteiger partial charge in [-0.3, -0.25) is 4.79 Å². The minimum atomic E-state index is -4.42. The van der Waals surface area contributed by atoms with E-state index in [0.29, 0.717) is 13.1 Å². The molecule has 1 aliphatic heterocycles. The van der Waals surface area contributed by atoms with Gasteiger partial charge < -0.3 is 10.6 Å². The Morgan fingerprint density at radius 2 is 2.19 bits per heavy atom. The number of piperidine rings is 1. The Morgan fingerprint density at radius 3 is 2.69 bits per heavy atom. The summed E-state index contributed by atoms with van der Waals surface area (Å²) in [6.45, 7) is 2.59. The lowest BCUT2D eigenvalue weighted by Gasteiger charge is -2.34. The zero-order chi connectivity index (χ0) is 12.3. The second-order valence-corrected chi connectivity index (χ2v) is 4.39. The normalized spacial score (nSPS) is 24.3. The number of hydrogen-bond donors (Lipinski definition) is 1. The molecular formula is C10H17F3N2O. The van der Waals surface area contributed by atoms with Crippen LogP contribution in [0.25, 0.3) is 0 Å². The van der Waals surface area contributed by atoms with Gasteiger partial charge in [-0.1, -0.05) is 0 Å². The summed E-state index contributed by atoms with van der Waals surface area (Å²) in [6.07, 6.45) is -4.17. The Balaban J connectivity index is 2.50. The fourth-order valence-corrected chi connectivity index (χ4v) is 1.95. The van der Waals surface area contributed by atoms with Crippen molar-refractivity contribution in [1.82, 2.24) is 4.90 Å². The first kappa shape index (κ1) is 13.3. The number of nitrogens with zero attached hydrogens (tertiary/aromatic N) is 1. The molecular weight excluding hydrogens is 221 g/mol. The second kappa shape index (κ2) is 5.03. The van der Waals surface area contributed by atoms with Gasteiger partial charge in [-0.25, -0.2) is 0 Å². The van der Waals surface area contributed by atoms with E-state index in [1.54, 1.807) is 0 Å². The topological polar surface area (TPSA) is 46.3 Å². The van der Waals surface area contributed by atoms with Crippen molar-refractivity contribution >= 4 is 5.91 Å². The predicted molar refractivity (Wildman–Crippen MR) is 53.6 cm³/mol. The number of nitrogens with two attached hydrogens (primary N) is 1. The number of amides is 1. The minimum absolute atomic E-state index is 0.0820. The SMILES string of the molecule is C[C@H](N)[C@H]1CCCN(C(=O)CC(F)(F)F)C1. The van der Waals surface area contributed by atoms with E-state index in [1.165, 1.54) is 4.90 Å². The maximum absolute atomic E-state index is 12.0. The highest BCUT2D eigenvalue weighted by molar-refractivity contribution is 5.76. The Hall–Kier alpha value is -0.780. The van der Waals surface area contributed by atoms with Crippen molar-refractivity contribution in [2.75, 3.05) is 13.1 Å². The molecule has 0 unspecified atom stereocenters. The first-order valence-electron chi connectivity index (χ1n) is 5.39. The van der Waals surface area contributed by atoms with E-state index in [0.717, 1.165) is 12.8 Å². The van der Waals surface area contributed by atoms with Crippen LogP contribution >= 0.6 is 0 Å². The third-order valence-corrected chi connectivity index (χ3v) is 2.91. The van der Waals surface area contributed by atoms with Gasteiger partial charge >= 0.3 is 6.18 Å². The highest BCUT2D eigenvalue weighted by atomic mass is 19.4. The molecule has 1 rings (SSSR count). The Kier molecular flexibility index (Phi) is 4.18. The van der Waals surface area contributed by atoms with Crippen LogP contribution in [0.15, 0.2) is 0 Å². The van der Waals surface area contributed by atoms with Crippen LogP contribution in [0.4, 0.5) is 13.2 Å². The third-order valence-electron chi connectivity index (χ3n) is 2.91. The number of halogens is 3. The zero-order valence-electron chi connectivity index (χ0n) is 9.26. The molecule has 0 spiro atoms. The number of alkyl halides is 3. The van der Waals surface area contributed by atoms with Crippen molar-refractivity contribution in [1.29, 1.82) is 0 Å². The molecule has 0 aromatic carbocycles. The summed E-state index contributed by atoms with van der Waals surface area (Å²) in [4.78, 5) is 12.6. The van der Waals surface area contributed by atoms with Gasteiger partial charge in [0.15, 0.2) is 0 Å². The maximum Gasteiger partial charge on any atom is 0.397 e. The molecule has 2 atom stereocenters. The highest BCUT2D eigenvalue weighted by Crippen LogP contribution is 2.24. The average molecular weight is 238 g/mol. The van der Waals surface area contributed by atoms with Crippen LogP contribution in [0.3, 0.4) is 0 Å². The molecule has 0 radical (unpaired) electrons. The van der Waals surface area contributed by atoms with Gasteiger partial charge in [0.05, 0.1) is 0 Å². The van der Waals surface area contributed by atoms with E-state index >= 15 is 0 Å². The van der Waals surface area contributed by atoms with Crippen molar-refractivity contribution in [2.24, 2.45) is 11.7 Å². The molecule has 0 bridgehead atoms. The Labute approximate surface area is 92.8 Å². The van der Waals surface area contributed by atoms with Crippen LogP contribution in [0.2, 0.25) is 0 Å². The van der Waals surface area contributed by atoms with E-state index < -0.39 is 18.5 Å². The fraction of sp³-hybridized carbons (Fsp3) is 0.900. The quantitative estimate of drug-likeness (QED) is 0.793. The lowest BCUT2D eigenvalue weighted by Crippen LogP contribution is -2.46. The number of hydrogen-bond acceptors (Lipinski definition) is 2. The van der Waals surface area contributed by atoms with Crippen LogP contribution < -0.4 is 5.73 Å². The van der Waals surface area contributed by atoms with Crippen molar-refractivity contribution < 1.29 is 18.0 Å². The van der Waals surface area contributed by atoms with E-state index in [4.69, 9.17) is 5.73 Å². The third kappa shape index (κ3) is 4.00. The Morgan fingerprint density at radius 1 is 1.56 bits per heavy atom. The van der Waals surface area contributed by atoms with Crippen LogP contribution in [0, 0.1) is 5.92 Å². The molecule has 94 valence electrons. The minimum Gasteiger partial charge on any atom is -0.342 e. The summed E-state index contributed by atoms with van der Waals surface area (Å²) in [5, 5.41) is 0. The van der Waals surface area contributed by atoms with Gasteiger partial charge in [0.2, 0.25) is 5.91 Å². The van der Waals surface area contributed by atoms with Gasteiger partial charge in [-0.05, 0) is 25.7 Å². The molecule has 1 fully saturated rings. The highest BCUT2D eigenvalue weighted by Gasteiger charge is 2.35. The number of carbonyl (C=O) groups is 1. The first-order chi connectivity index (χ1) is 7.29. The van der Waals surface area contributed by atoms with Gasteiger partial charge in [-0.15, -0.1) is 0 Å². The molecule has 1 aliphatic rings. The summed E-state index contributed by atoms with van der Waals surface area (Å²) in [5.74, 6) is -0.719. The van der Waals surface area contributed by atoms with Crippen molar-refractivity contribution in [2.45, 2.75) is 38.4 Å². The van der Waals surface area contributed by atoms with Crippen molar-refractivity contribution in [3.8, 4) is 0 Å². The summed E-state index contributed by atoms with van der Waals surface area (Å²) in [5.41, 5.74) is 5.70. The molecule has 1 heterocycles. The fourth-order valence-electron chi connectivity index (χ4n) is 1.95. The molecule has 6 heteroatoms. The first-order valence-corrected chi connectivity index (χ1v) is 5.39. The molecule has 0 aliphatic carbocycles. The van der Waals surface area contributed by atoms with Gasteiger partial charge in [0.25, 0.3) is 0 Å². The largest absolute Gasteiger partial charge is 0.397 e. The van der Waals surface area contributed by atoms with Crippen LogP contribution in [-0.4, -0.2) is 36.1 Å². The van der Waals surface area contributed by atoms with Gasteiger partial charge in [0, 0.05) is 19.1 Å². The molecule has 0 saturated carbocycles. The number of rotatable bonds is 2. The predicted octanol–water partition coefficient (Wildman–Crippen LogP) is 1.52. The second-order valence-electron chi connectivity index (χ2n) is 4.39. The van der Waals surface area contributed by atoms with E-state index in [-0.39, 0.29) is 12.0 Å². The van der Waals surface area contributed by atoms with Crippen LogP contribution in [0.1, 0.15) is 26.2 Å². The van der Waals surface area contributed by atoms with E-state index in [2.05, 4.69) is 0 Å². The Bertz CT molecular complexity index is 253. The van der Waals surface area contributed by atoms with Crippen molar-refractivity contribution in [3.63, 3.8) is 0 Å². The van der Waals surface area contributed by atoms with Gasteiger partial charge in [-0.2, -0.15) is 13.2 Å². The number of likely N-dealkylation sites (tertiary alicyclic amines) is 1. The van der Waals surface area contributed by atoms with Gasteiger partial charge in [0.1, 0.15) is 6.42 Å². The molecule has 0 aromatic heterocycles. The summed E-state index contributed by atoms with van der Waals surface area (Å²) in [7, 11) is 0. The summed E-state index contributed by atoms with van der Waals surface area (Å²) in [6, 6.07) is -0.0820. The molecule has 3 nitrogen and oxygen atoms in total. The molecule has 2 N–H and O–H groups in total. The van der Waals surface area contributed by atoms with E-state index in [1.807, 2.05) is 6.92 Å². The smallest absolute Gasteiger partial charge is 0.342 e. The van der Waals surface area contributed by atoms with E-state index in [9.17, 15) is 18.0 Å². The molecule has 1 saturated heterocycles. The summed E-state index contributed by atoms with van der Waals surface area (Å²) >= 11 is 0. The molecule has 0 aromatic rings. The van der Waals surface area contributed by atoms with Crippen molar-refractivity contribution in [3.05, 3.63) is 0 Å². The lowest BCUT2D eigenvalue weighted by molar-refractivity contribution is -0.162. The molecule has 1 amide bonds. The standard InChI is InChI=1S/C10H17F3N2O/c1-7(14)8-3-2-4-15(6-8)9(16)5-10(11,12)13/h7-8H,2-6,14H2,1H3/t7-,8-/m0/s1. The molecule has 16 heavy (non-hydrogen) atoms. The lowest BCUT2D eigenvalue weighted by atomic mass is 9.92. The monoisotopic (exact) mass is 238 g/mol. The maximum atomic E-state index is 12.0. The van der Waals surface area contributed by atoms with Crippen LogP contribution in [-0.2, 0) is 4.79 Å². The summed E-state index contributed by atoms with van der Waals surface area (Å²) < 4.78 is 36.1. The average Bonchev–Trinajstić information content (AvgIpc) is 2.15. The van der Waals surface area contributed by atoms with Crippen LogP contribution in [0.5, 0.6) is 0 Å².